The summed E-state index contributed by atoms with van der Waals surface area (Å²) >= 11 is 0. The van der Waals surface area contributed by atoms with Gasteiger partial charge in [0.2, 0.25) is 0 Å². The zero-order chi connectivity index (χ0) is 15.8. The van der Waals surface area contributed by atoms with E-state index in [-0.39, 0.29) is 0 Å². The first-order valence-corrected chi connectivity index (χ1v) is 8.99. The molecule has 0 saturated carbocycles. The van der Waals surface area contributed by atoms with Gasteiger partial charge in [0, 0.05) is 0 Å². The summed E-state index contributed by atoms with van der Waals surface area (Å²) in [4.78, 5) is 0. The molecule has 0 saturated heterocycles. The van der Waals surface area contributed by atoms with Crippen LogP contribution in [0.4, 0.5) is 0 Å². The van der Waals surface area contributed by atoms with Crippen LogP contribution in [-0.4, -0.2) is 0 Å². The van der Waals surface area contributed by atoms with E-state index < -0.39 is 0 Å². The Balaban J connectivity index is -0.000000579. The van der Waals surface area contributed by atoms with Crippen molar-refractivity contribution in [3.05, 3.63) is 0 Å². The quantitative estimate of drug-likeness (QED) is 0.427. The SMILES string of the molecule is CC.CC.CCC(CC(C)C)CC(CC)CC(C)C. The zero-order valence-corrected chi connectivity index (χ0v) is 15.8. The van der Waals surface area contributed by atoms with E-state index in [1.54, 1.807) is 0 Å². The molecule has 0 aliphatic heterocycles. The van der Waals surface area contributed by atoms with Crippen LogP contribution in [0.15, 0.2) is 0 Å². The van der Waals surface area contributed by atoms with Crippen LogP contribution in [0.5, 0.6) is 0 Å². The normalized spacial score (nSPS) is 13.3. The smallest absolute Gasteiger partial charge is 0.0412 e. The Kier molecular flexibility index (Phi) is 22.8. The Hall–Kier alpha value is 0. The van der Waals surface area contributed by atoms with E-state index in [0.29, 0.717) is 0 Å². The lowest BCUT2D eigenvalue weighted by atomic mass is 9.82. The summed E-state index contributed by atoms with van der Waals surface area (Å²) in [6.07, 6.45) is 7.04. The van der Waals surface area contributed by atoms with Gasteiger partial charge in [-0.3, -0.25) is 0 Å². The van der Waals surface area contributed by atoms with Gasteiger partial charge in [-0.15, -0.1) is 0 Å². The summed E-state index contributed by atoms with van der Waals surface area (Å²) in [7, 11) is 0. The molecule has 0 rings (SSSR count). The molecule has 0 amide bonds. The van der Waals surface area contributed by atoms with Crippen molar-refractivity contribution in [3.63, 3.8) is 0 Å². The average molecular weight is 273 g/mol. The van der Waals surface area contributed by atoms with Crippen LogP contribution in [0.3, 0.4) is 0 Å². The van der Waals surface area contributed by atoms with Crippen molar-refractivity contribution in [1.82, 2.24) is 0 Å². The van der Waals surface area contributed by atoms with Crippen LogP contribution in [0, 0.1) is 23.7 Å². The summed E-state index contributed by atoms with van der Waals surface area (Å²) in [6.45, 7) is 22.1. The van der Waals surface area contributed by atoms with Gasteiger partial charge in [-0.2, -0.15) is 0 Å². The molecule has 0 nitrogen and oxygen atoms in total. The first-order valence-electron chi connectivity index (χ1n) is 8.99. The molecule has 0 heterocycles. The molecule has 0 aromatic heterocycles. The second-order valence-corrected chi connectivity index (χ2v) is 6.04. The fourth-order valence-electron chi connectivity index (χ4n) is 2.66. The molecule has 19 heavy (non-hydrogen) atoms. The van der Waals surface area contributed by atoms with Gasteiger partial charge < -0.3 is 0 Å². The molecule has 0 spiro atoms. The topological polar surface area (TPSA) is 0 Å². The van der Waals surface area contributed by atoms with Crippen molar-refractivity contribution in [2.45, 2.75) is 101 Å². The third kappa shape index (κ3) is 18.0. The molecule has 0 aliphatic carbocycles. The predicted octanol–water partition coefficient (Wildman–Crippen LogP) is 7.57. The van der Waals surface area contributed by atoms with Gasteiger partial charge in [0.15, 0.2) is 0 Å². The molecular formula is C19H44. The van der Waals surface area contributed by atoms with Crippen molar-refractivity contribution in [3.8, 4) is 0 Å². The van der Waals surface area contributed by atoms with Crippen molar-refractivity contribution < 1.29 is 0 Å². The van der Waals surface area contributed by atoms with Crippen molar-refractivity contribution >= 4 is 0 Å². The highest BCUT2D eigenvalue weighted by molar-refractivity contribution is 4.67. The summed E-state index contributed by atoms with van der Waals surface area (Å²) in [5, 5.41) is 0. The van der Waals surface area contributed by atoms with Crippen LogP contribution in [-0.2, 0) is 0 Å². The molecule has 0 N–H and O–H groups in total. The Bertz CT molecular complexity index is 119. The Labute approximate surface area is 125 Å². The van der Waals surface area contributed by atoms with E-state index in [2.05, 4.69) is 41.5 Å². The monoisotopic (exact) mass is 272 g/mol. The van der Waals surface area contributed by atoms with Gasteiger partial charge in [-0.05, 0) is 42.9 Å². The molecule has 0 aromatic carbocycles. The molecule has 0 aliphatic rings. The predicted molar refractivity (Wildman–Crippen MR) is 93.8 cm³/mol. The highest BCUT2D eigenvalue weighted by atomic mass is 14.2. The van der Waals surface area contributed by atoms with Gasteiger partial charge in [0.05, 0.1) is 0 Å². The van der Waals surface area contributed by atoms with E-state index >= 15 is 0 Å². The first kappa shape index (κ1) is 24.0. The van der Waals surface area contributed by atoms with Gasteiger partial charge in [0.1, 0.15) is 0 Å². The molecular weight excluding hydrogens is 228 g/mol. The van der Waals surface area contributed by atoms with E-state index in [1.165, 1.54) is 32.1 Å². The molecule has 0 fully saturated rings. The van der Waals surface area contributed by atoms with Crippen LogP contribution in [0.2, 0.25) is 0 Å². The zero-order valence-electron chi connectivity index (χ0n) is 15.8. The Morgan fingerprint density at radius 3 is 0.947 bits per heavy atom. The fraction of sp³-hybridized carbons (Fsp3) is 1.00. The van der Waals surface area contributed by atoms with E-state index in [0.717, 1.165) is 23.7 Å². The van der Waals surface area contributed by atoms with Gasteiger partial charge >= 0.3 is 0 Å². The maximum Gasteiger partial charge on any atom is -0.0412 e. The van der Waals surface area contributed by atoms with Crippen molar-refractivity contribution in [1.29, 1.82) is 0 Å². The van der Waals surface area contributed by atoms with Crippen LogP contribution in [0.1, 0.15) is 101 Å². The molecule has 0 bridgehead atoms. The number of rotatable bonds is 8. The molecule has 120 valence electrons. The molecule has 2 unspecified atom stereocenters. The second kappa shape index (κ2) is 18.0. The Morgan fingerprint density at radius 1 is 0.526 bits per heavy atom. The lowest BCUT2D eigenvalue weighted by Crippen LogP contribution is -2.12. The second-order valence-electron chi connectivity index (χ2n) is 6.04. The third-order valence-corrected chi connectivity index (χ3v) is 3.43. The molecule has 0 aromatic rings. The van der Waals surface area contributed by atoms with Crippen LogP contribution >= 0.6 is 0 Å². The summed E-state index contributed by atoms with van der Waals surface area (Å²) < 4.78 is 0. The van der Waals surface area contributed by atoms with Gasteiger partial charge in [0.25, 0.3) is 0 Å². The summed E-state index contributed by atoms with van der Waals surface area (Å²) in [6, 6.07) is 0. The lowest BCUT2D eigenvalue weighted by molar-refractivity contribution is 0.277. The Morgan fingerprint density at radius 2 is 0.789 bits per heavy atom. The minimum absolute atomic E-state index is 0.867. The maximum absolute atomic E-state index is 2.36. The van der Waals surface area contributed by atoms with Crippen molar-refractivity contribution in [2.24, 2.45) is 23.7 Å². The molecule has 0 radical (unpaired) electrons. The van der Waals surface area contributed by atoms with Crippen LogP contribution < -0.4 is 0 Å². The fourth-order valence-corrected chi connectivity index (χ4v) is 2.66. The largest absolute Gasteiger partial charge is 0.0683 e. The summed E-state index contributed by atoms with van der Waals surface area (Å²) in [5.41, 5.74) is 0. The highest BCUT2D eigenvalue weighted by Crippen LogP contribution is 2.28. The average Bonchev–Trinajstić information content (AvgIpc) is 2.40. The first-order chi connectivity index (χ1) is 8.99. The number of hydrogen-bond donors (Lipinski definition) is 0. The van der Waals surface area contributed by atoms with E-state index in [4.69, 9.17) is 0 Å². The van der Waals surface area contributed by atoms with E-state index in [1.807, 2.05) is 27.7 Å². The lowest BCUT2D eigenvalue weighted by Gasteiger charge is -2.24. The molecule has 2 atom stereocenters. The summed E-state index contributed by atoms with van der Waals surface area (Å²) in [5.74, 6) is 3.67. The highest BCUT2D eigenvalue weighted by Gasteiger charge is 2.16. The van der Waals surface area contributed by atoms with E-state index in [9.17, 15) is 0 Å². The van der Waals surface area contributed by atoms with Crippen LogP contribution in [0.25, 0.3) is 0 Å². The van der Waals surface area contributed by atoms with Gasteiger partial charge in [-0.25, -0.2) is 0 Å². The molecule has 0 heteroatoms. The minimum Gasteiger partial charge on any atom is -0.0683 e. The van der Waals surface area contributed by atoms with Gasteiger partial charge in [-0.1, -0.05) is 82.1 Å². The van der Waals surface area contributed by atoms with Crippen molar-refractivity contribution in [2.75, 3.05) is 0 Å². The number of hydrogen-bond acceptors (Lipinski definition) is 0. The standard InChI is InChI=1S/C15H32.2C2H6/c1-7-14(9-12(3)4)11-15(8-2)10-13(5)6;2*1-2/h12-15H,7-11H2,1-6H3;2*1-2H3. The minimum atomic E-state index is 0.867. The third-order valence-electron chi connectivity index (χ3n) is 3.43. The maximum atomic E-state index is 2.36.